The first-order valence-electron chi connectivity index (χ1n) is 12.6. The van der Waals surface area contributed by atoms with Gasteiger partial charge in [0.25, 0.3) is 0 Å². The van der Waals surface area contributed by atoms with Crippen molar-refractivity contribution in [2.45, 2.75) is 51.9 Å². The highest BCUT2D eigenvalue weighted by atomic mass is 19.1. The zero-order valence-electron chi connectivity index (χ0n) is 20.4. The largest absolute Gasteiger partial charge is 0.383 e. The highest BCUT2D eigenvalue weighted by molar-refractivity contribution is 5.94. The van der Waals surface area contributed by atoms with Gasteiger partial charge in [-0.3, -0.25) is 9.67 Å². The third-order valence-electron chi connectivity index (χ3n) is 7.49. The fourth-order valence-corrected chi connectivity index (χ4v) is 5.57. The lowest BCUT2D eigenvalue weighted by atomic mass is 9.88. The predicted octanol–water partition coefficient (Wildman–Crippen LogP) is 4.67. The normalized spacial score (nSPS) is 16.6. The van der Waals surface area contributed by atoms with Gasteiger partial charge in [0.1, 0.15) is 23.6 Å². The number of nitrogens with zero attached hydrogens (tertiary/aromatic N) is 7. The van der Waals surface area contributed by atoms with Gasteiger partial charge >= 0.3 is 0 Å². The number of nitrogens with one attached hydrogen (secondary N) is 1. The smallest absolute Gasteiger partial charge is 0.153 e. The number of hydrogen-bond acceptors (Lipinski definition) is 7. The number of aryl methyl sites for hydroxylation is 3. The first kappa shape index (κ1) is 21.9. The third-order valence-corrected chi connectivity index (χ3v) is 7.49. The number of rotatable bonds is 3. The highest BCUT2D eigenvalue weighted by Crippen LogP contribution is 2.38. The van der Waals surface area contributed by atoms with E-state index in [-0.39, 0.29) is 0 Å². The Balaban J connectivity index is 1.22. The van der Waals surface area contributed by atoms with Crippen molar-refractivity contribution in [3.63, 3.8) is 0 Å². The van der Waals surface area contributed by atoms with Crippen molar-refractivity contribution >= 4 is 28.2 Å². The standard InChI is InChI=1S/C27H26FN9/c1-15-18(12-31-21-4-2-3-20(28)26(15)21)22-9-16-10-23(32-13-19(16)27(29)33-22)34-24-11-17-5-7-36-8-6-30-25(36)14-37(17)35-24/h6,8-13,20H,2-5,7,14H2,1H3,(H2,29,33)(H,32,34,35). The van der Waals surface area contributed by atoms with Crippen LogP contribution in [0, 0.1) is 6.92 Å². The Morgan fingerprint density at radius 1 is 1.08 bits per heavy atom. The molecule has 1 aliphatic carbocycles. The van der Waals surface area contributed by atoms with E-state index in [1.54, 1.807) is 12.4 Å². The molecular formula is C27H26FN9. The molecule has 0 fully saturated rings. The summed E-state index contributed by atoms with van der Waals surface area (Å²) in [4.78, 5) is 18.2. The number of hydrogen-bond donors (Lipinski definition) is 2. The van der Waals surface area contributed by atoms with Crippen LogP contribution < -0.4 is 11.1 Å². The average molecular weight is 496 g/mol. The minimum absolute atomic E-state index is 0.379. The van der Waals surface area contributed by atoms with Crippen LogP contribution in [0.5, 0.6) is 0 Å². The second kappa shape index (κ2) is 8.36. The molecule has 0 saturated carbocycles. The summed E-state index contributed by atoms with van der Waals surface area (Å²) in [6.07, 6.45) is 9.41. The lowest BCUT2D eigenvalue weighted by molar-refractivity contribution is 0.299. The molecule has 7 rings (SSSR count). The van der Waals surface area contributed by atoms with E-state index in [1.165, 1.54) is 0 Å². The summed E-state index contributed by atoms with van der Waals surface area (Å²) >= 11 is 0. The molecule has 10 heteroatoms. The topological polar surface area (TPSA) is 112 Å². The van der Waals surface area contributed by atoms with Crippen LogP contribution in [0.4, 0.5) is 21.8 Å². The Morgan fingerprint density at radius 3 is 2.92 bits per heavy atom. The number of alkyl halides is 1. The first-order chi connectivity index (χ1) is 18.0. The number of fused-ring (bicyclic) bond motifs is 4. The molecule has 37 heavy (non-hydrogen) atoms. The average Bonchev–Trinajstić information content (AvgIpc) is 3.45. The molecule has 5 aromatic rings. The quantitative estimate of drug-likeness (QED) is 0.374. The van der Waals surface area contributed by atoms with Gasteiger partial charge in [-0.05, 0) is 49.3 Å². The van der Waals surface area contributed by atoms with Gasteiger partial charge in [0.2, 0.25) is 0 Å². The second-order valence-electron chi connectivity index (χ2n) is 9.79. The van der Waals surface area contributed by atoms with Gasteiger partial charge in [0.05, 0.1) is 12.2 Å². The highest BCUT2D eigenvalue weighted by Gasteiger charge is 2.25. The van der Waals surface area contributed by atoms with Crippen molar-refractivity contribution in [1.82, 2.24) is 34.3 Å². The van der Waals surface area contributed by atoms with Gasteiger partial charge in [-0.15, -0.1) is 0 Å². The molecule has 6 heterocycles. The molecule has 2 aliphatic rings. The van der Waals surface area contributed by atoms with E-state index in [2.05, 4.69) is 35.9 Å². The number of pyridine rings is 3. The van der Waals surface area contributed by atoms with E-state index in [0.29, 0.717) is 35.9 Å². The summed E-state index contributed by atoms with van der Waals surface area (Å²) in [7, 11) is 0. The Labute approximate surface area is 212 Å². The van der Waals surface area contributed by atoms with E-state index in [0.717, 1.165) is 70.7 Å². The molecule has 1 atom stereocenters. The Hall–Kier alpha value is -4.34. The monoisotopic (exact) mass is 495 g/mol. The van der Waals surface area contributed by atoms with Crippen LogP contribution in [0.3, 0.4) is 0 Å². The van der Waals surface area contributed by atoms with Gasteiger partial charge in [-0.25, -0.2) is 19.3 Å². The molecule has 0 aromatic carbocycles. The zero-order valence-corrected chi connectivity index (χ0v) is 20.4. The lowest BCUT2D eigenvalue weighted by Gasteiger charge is -2.22. The summed E-state index contributed by atoms with van der Waals surface area (Å²) in [5.74, 6) is 2.76. The number of halogens is 1. The van der Waals surface area contributed by atoms with Crippen LogP contribution in [0.1, 0.15) is 47.4 Å². The molecule has 0 radical (unpaired) electrons. The summed E-state index contributed by atoms with van der Waals surface area (Å²) in [6.45, 7) is 3.46. The summed E-state index contributed by atoms with van der Waals surface area (Å²) < 4.78 is 18.9. The van der Waals surface area contributed by atoms with E-state index in [9.17, 15) is 4.39 Å². The van der Waals surface area contributed by atoms with Crippen LogP contribution in [0.2, 0.25) is 0 Å². The van der Waals surface area contributed by atoms with E-state index in [1.807, 2.05) is 36.1 Å². The zero-order chi connectivity index (χ0) is 25.1. The molecule has 0 bridgehead atoms. The Bertz CT molecular complexity index is 1670. The van der Waals surface area contributed by atoms with Gasteiger partial charge in [-0.1, -0.05) is 0 Å². The van der Waals surface area contributed by atoms with Crippen LogP contribution >= 0.6 is 0 Å². The van der Waals surface area contributed by atoms with Crippen LogP contribution in [-0.4, -0.2) is 34.3 Å². The fourth-order valence-electron chi connectivity index (χ4n) is 5.57. The number of anilines is 3. The SMILES string of the molecule is Cc1c(-c2cc3cc(Nc4cc5n(n4)Cc4nccn4CC5)ncc3c(N)n2)cnc2c1C(F)CCC2. The maximum atomic E-state index is 14.8. The van der Waals surface area contributed by atoms with Crippen LogP contribution in [-0.2, 0) is 25.9 Å². The second-order valence-corrected chi connectivity index (χ2v) is 9.79. The summed E-state index contributed by atoms with van der Waals surface area (Å²) in [5.41, 5.74) is 11.4. The lowest BCUT2D eigenvalue weighted by Crippen LogP contribution is -2.11. The van der Waals surface area contributed by atoms with Crippen molar-refractivity contribution in [1.29, 1.82) is 0 Å². The maximum Gasteiger partial charge on any atom is 0.153 e. The molecular weight excluding hydrogens is 469 g/mol. The summed E-state index contributed by atoms with van der Waals surface area (Å²) in [5, 5.41) is 9.72. The molecule has 1 aliphatic heterocycles. The van der Waals surface area contributed by atoms with Crippen molar-refractivity contribution in [2.24, 2.45) is 0 Å². The minimum Gasteiger partial charge on any atom is -0.383 e. The van der Waals surface area contributed by atoms with Gasteiger partial charge in [0, 0.05) is 71.7 Å². The van der Waals surface area contributed by atoms with Crippen LogP contribution in [0.15, 0.2) is 43.0 Å². The third kappa shape index (κ3) is 3.71. The van der Waals surface area contributed by atoms with Crippen molar-refractivity contribution in [3.05, 3.63) is 71.3 Å². The molecule has 9 nitrogen and oxygen atoms in total. The Morgan fingerprint density at radius 2 is 2.00 bits per heavy atom. The molecule has 1 unspecified atom stereocenters. The van der Waals surface area contributed by atoms with E-state index >= 15 is 0 Å². The fraction of sp³-hybridized carbons (Fsp3) is 0.296. The molecule has 186 valence electrons. The van der Waals surface area contributed by atoms with Crippen molar-refractivity contribution < 1.29 is 4.39 Å². The molecule has 3 N–H and O–H groups in total. The van der Waals surface area contributed by atoms with Gasteiger partial charge < -0.3 is 15.6 Å². The molecule has 5 aromatic heterocycles. The summed E-state index contributed by atoms with van der Waals surface area (Å²) in [6, 6.07) is 5.96. The molecule has 0 spiro atoms. The van der Waals surface area contributed by atoms with Gasteiger partial charge in [-0.2, -0.15) is 5.10 Å². The number of imidazole rings is 1. The first-order valence-corrected chi connectivity index (χ1v) is 12.6. The number of nitrogen functional groups attached to an aromatic ring is 1. The Kier molecular flexibility index (Phi) is 4.95. The predicted molar refractivity (Wildman–Crippen MR) is 139 cm³/mol. The van der Waals surface area contributed by atoms with Gasteiger partial charge in [0.15, 0.2) is 5.82 Å². The molecule has 0 amide bonds. The number of aromatic nitrogens is 7. The maximum absolute atomic E-state index is 14.8. The van der Waals surface area contributed by atoms with E-state index < -0.39 is 6.17 Å². The van der Waals surface area contributed by atoms with E-state index in [4.69, 9.17) is 10.8 Å². The minimum atomic E-state index is -0.987. The number of nitrogens with two attached hydrogens (primary N) is 1. The van der Waals surface area contributed by atoms with Crippen LogP contribution in [0.25, 0.3) is 22.0 Å². The van der Waals surface area contributed by atoms with Crippen molar-refractivity contribution in [2.75, 3.05) is 11.1 Å². The van der Waals surface area contributed by atoms with Crippen molar-refractivity contribution in [3.8, 4) is 11.3 Å². The molecule has 0 saturated heterocycles.